The molecule has 0 unspecified atom stereocenters. The molecule has 0 bridgehead atoms. The number of furan rings is 1. The van der Waals surface area contributed by atoms with Gasteiger partial charge in [0.05, 0.1) is 5.75 Å². The van der Waals surface area contributed by atoms with E-state index in [1.807, 2.05) is 19.1 Å². The van der Waals surface area contributed by atoms with Crippen LogP contribution in [0.25, 0.3) is 0 Å². The van der Waals surface area contributed by atoms with Crippen molar-refractivity contribution in [2.24, 2.45) is 0 Å². The Bertz CT molecular complexity index is 252. The maximum absolute atomic E-state index is 10.5. The molecule has 0 aliphatic carbocycles. The molecule has 0 saturated carbocycles. The normalized spacial score (nSPS) is 10.0. The van der Waals surface area contributed by atoms with Gasteiger partial charge in [0.2, 0.25) is 0 Å². The van der Waals surface area contributed by atoms with Crippen LogP contribution in [-0.4, -0.2) is 5.12 Å². The minimum Gasteiger partial charge on any atom is -0.465 e. The van der Waals surface area contributed by atoms with Crippen LogP contribution >= 0.6 is 11.8 Å². The number of hydrogen-bond acceptors (Lipinski definition) is 3. The van der Waals surface area contributed by atoms with Crippen molar-refractivity contribution in [2.75, 3.05) is 0 Å². The van der Waals surface area contributed by atoms with Crippen molar-refractivity contribution in [3.63, 3.8) is 0 Å². The first-order valence-electron chi connectivity index (χ1n) is 3.37. The second-order valence-electron chi connectivity index (χ2n) is 2.29. The fraction of sp³-hybridized carbons (Fsp3) is 0.375. The van der Waals surface area contributed by atoms with Gasteiger partial charge in [0, 0.05) is 6.92 Å². The van der Waals surface area contributed by atoms with E-state index in [0.29, 0.717) is 5.75 Å². The van der Waals surface area contributed by atoms with Crippen LogP contribution in [0.5, 0.6) is 0 Å². The van der Waals surface area contributed by atoms with Gasteiger partial charge in [0.1, 0.15) is 11.5 Å². The third kappa shape index (κ3) is 2.80. The molecular formula is C8H10O2S. The summed E-state index contributed by atoms with van der Waals surface area (Å²) in [6, 6.07) is 3.79. The monoisotopic (exact) mass is 170 g/mol. The fourth-order valence-electron chi connectivity index (χ4n) is 0.735. The van der Waals surface area contributed by atoms with Gasteiger partial charge in [-0.05, 0) is 19.1 Å². The van der Waals surface area contributed by atoms with Crippen LogP contribution in [0.2, 0.25) is 0 Å². The summed E-state index contributed by atoms with van der Waals surface area (Å²) in [5, 5.41) is 0.124. The molecule has 0 radical (unpaired) electrons. The highest BCUT2D eigenvalue weighted by atomic mass is 32.2. The molecular weight excluding hydrogens is 160 g/mol. The van der Waals surface area contributed by atoms with E-state index in [1.165, 1.54) is 11.8 Å². The van der Waals surface area contributed by atoms with Crippen molar-refractivity contribution in [1.29, 1.82) is 0 Å². The third-order valence-electron chi connectivity index (χ3n) is 1.21. The molecule has 0 atom stereocenters. The Morgan fingerprint density at radius 2 is 2.36 bits per heavy atom. The van der Waals surface area contributed by atoms with Crippen LogP contribution in [0.3, 0.4) is 0 Å². The number of carbonyl (C=O) groups is 1. The first-order valence-corrected chi connectivity index (χ1v) is 4.36. The van der Waals surface area contributed by atoms with E-state index in [9.17, 15) is 4.79 Å². The lowest BCUT2D eigenvalue weighted by atomic mass is 10.5. The van der Waals surface area contributed by atoms with Crippen LogP contribution in [0.1, 0.15) is 18.4 Å². The minimum absolute atomic E-state index is 0.124. The number of thioether (sulfide) groups is 1. The Labute approximate surface area is 70.0 Å². The molecule has 0 saturated heterocycles. The maximum atomic E-state index is 10.5. The quantitative estimate of drug-likeness (QED) is 0.682. The van der Waals surface area contributed by atoms with Gasteiger partial charge in [-0.1, -0.05) is 11.8 Å². The van der Waals surface area contributed by atoms with Gasteiger partial charge < -0.3 is 4.42 Å². The van der Waals surface area contributed by atoms with E-state index in [0.717, 1.165) is 11.5 Å². The van der Waals surface area contributed by atoms with E-state index in [2.05, 4.69) is 0 Å². The van der Waals surface area contributed by atoms with Crippen molar-refractivity contribution in [3.8, 4) is 0 Å². The molecule has 0 amide bonds. The minimum atomic E-state index is 0.124. The molecule has 0 aromatic carbocycles. The fourth-order valence-corrected chi connectivity index (χ4v) is 1.24. The van der Waals surface area contributed by atoms with Gasteiger partial charge in [-0.3, -0.25) is 4.79 Å². The van der Waals surface area contributed by atoms with Crippen LogP contribution < -0.4 is 0 Å². The molecule has 0 aliphatic heterocycles. The number of aryl methyl sites for hydroxylation is 1. The van der Waals surface area contributed by atoms with Crippen LogP contribution in [-0.2, 0) is 10.5 Å². The Morgan fingerprint density at radius 3 is 2.82 bits per heavy atom. The Balaban J connectivity index is 2.45. The average Bonchev–Trinajstić information content (AvgIpc) is 2.31. The first kappa shape index (κ1) is 8.40. The molecule has 2 nitrogen and oxygen atoms in total. The summed E-state index contributed by atoms with van der Waals surface area (Å²) in [7, 11) is 0. The van der Waals surface area contributed by atoms with Crippen LogP contribution in [0.4, 0.5) is 0 Å². The van der Waals surface area contributed by atoms with Crippen molar-refractivity contribution in [2.45, 2.75) is 19.6 Å². The van der Waals surface area contributed by atoms with Crippen molar-refractivity contribution < 1.29 is 9.21 Å². The van der Waals surface area contributed by atoms with Gasteiger partial charge in [0.25, 0.3) is 0 Å². The zero-order valence-corrected chi connectivity index (χ0v) is 7.40. The molecule has 3 heteroatoms. The largest absolute Gasteiger partial charge is 0.465 e. The summed E-state index contributed by atoms with van der Waals surface area (Å²) in [4.78, 5) is 10.5. The lowest BCUT2D eigenvalue weighted by Gasteiger charge is -1.91. The van der Waals surface area contributed by atoms with Crippen LogP contribution in [0, 0.1) is 6.92 Å². The first-order chi connectivity index (χ1) is 5.18. The highest BCUT2D eigenvalue weighted by molar-refractivity contribution is 8.12. The van der Waals surface area contributed by atoms with E-state index in [-0.39, 0.29) is 5.12 Å². The summed E-state index contributed by atoms with van der Waals surface area (Å²) < 4.78 is 5.26. The summed E-state index contributed by atoms with van der Waals surface area (Å²) in [6.45, 7) is 3.45. The topological polar surface area (TPSA) is 30.2 Å². The zero-order valence-electron chi connectivity index (χ0n) is 6.59. The molecule has 1 aromatic heterocycles. The summed E-state index contributed by atoms with van der Waals surface area (Å²) in [6.07, 6.45) is 0. The molecule has 11 heavy (non-hydrogen) atoms. The summed E-state index contributed by atoms with van der Waals surface area (Å²) in [5.41, 5.74) is 0. The molecule has 0 fully saturated rings. The molecule has 0 N–H and O–H groups in total. The van der Waals surface area contributed by atoms with E-state index < -0.39 is 0 Å². The Kier molecular flexibility index (Phi) is 2.76. The van der Waals surface area contributed by atoms with Crippen molar-refractivity contribution >= 4 is 16.9 Å². The molecule has 0 aliphatic rings. The summed E-state index contributed by atoms with van der Waals surface area (Å²) in [5.74, 6) is 2.40. The molecule has 1 heterocycles. The number of hydrogen-bond donors (Lipinski definition) is 0. The highest BCUT2D eigenvalue weighted by Gasteiger charge is 2.00. The Hall–Kier alpha value is -0.700. The molecule has 60 valence electrons. The van der Waals surface area contributed by atoms with Gasteiger partial charge in [-0.2, -0.15) is 0 Å². The van der Waals surface area contributed by atoms with Gasteiger partial charge in [0.15, 0.2) is 5.12 Å². The van der Waals surface area contributed by atoms with Crippen LogP contribution in [0.15, 0.2) is 16.5 Å². The average molecular weight is 170 g/mol. The molecule has 1 rings (SSSR count). The standard InChI is InChI=1S/C8H10O2S/c1-6-3-4-8(10-6)5-11-7(2)9/h3-4H,5H2,1-2H3. The maximum Gasteiger partial charge on any atom is 0.186 e. The predicted molar refractivity (Wildman–Crippen MR) is 45.4 cm³/mol. The number of carbonyl (C=O) groups excluding carboxylic acids is 1. The van der Waals surface area contributed by atoms with Gasteiger partial charge >= 0.3 is 0 Å². The van der Waals surface area contributed by atoms with Crippen molar-refractivity contribution in [1.82, 2.24) is 0 Å². The smallest absolute Gasteiger partial charge is 0.186 e. The zero-order chi connectivity index (χ0) is 8.27. The number of rotatable bonds is 2. The van der Waals surface area contributed by atoms with E-state index in [4.69, 9.17) is 4.42 Å². The van der Waals surface area contributed by atoms with Gasteiger partial charge in [-0.25, -0.2) is 0 Å². The van der Waals surface area contributed by atoms with Crippen molar-refractivity contribution in [3.05, 3.63) is 23.7 Å². The second kappa shape index (κ2) is 3.62. The van der Waals surface area contributed by atoms with E-state index >= 15 is 0 Å². The lowest BCUT2D eigenvalue weighted by Crippen LogP contribution is -1.82. The summed E-state index contributed by atoms with van der Waals surface area (Å²) >= 11 is 1.27. The lowest BCUT2D eigenvalue weighted by molar-refractivity contribution is -0.109. The SMILES string of the molecule is CC(=O)SCc1ccc(C)o1. The van der Waals surface area contributed by atoms with E-state index in [1.54, 1.807) is 6.92 Å². The highest BCUT2D eigenvalue weighted by Crippen LogP contribution is 2.14. The predicted octanol–water partition coefficient (Wildman–Crippen LogP) is 2.37. The third-order valence-corrected chi connectivity index (χ3v) is 2.05. The second-order valence-corrected chi connectivity index (χ2v) is 3.44. The molecule has 0 spiro atoms. The Morgan fingerprint density at radius 1 is 1.64 bits per heavy atom. The molecule has 1 aromatic rings. The van der Waals surface area contributed by atoms with Gasteiger partial charge in [-0.15, -0.1) is 0 Å².